The van der Waals surface area contributed by atoms with E-state index in [4.69, 9.17) is 5.26 Å². The van der Waals surface area contributed by atoms with Crippen LogP contribution in [0.3, 0.4) is 0 Å². The largest absolute Gasteiger partial charge is 0.385 e. The summed E-state index contributed by atoms with van der Waals surface area (Å²) in [5.74, 6) is 0.240. The van der Waals surface area contributed by atoms with Crippen molar-refractivity contribution < 1.29 is 4.39 Å². The first kappa shape index (κ1) is 11.9. The van der Waals surface area contributed by atoms with Crippen LogP contribution in [0.25, 0.3) is 0 Å². The van der Waals surface area contributed by atoms with Gasteiger partial charge in [0.05, 0.1) is 11.6 Å². The predicted octanol–water partition coefficient (Wildman–Crippen LogP) is 2.06. The molecule has 17 heavy (non-hydrogen) atoms. The molecule has 1 fully saturated rings. The molecule has 1 saturated heterocycles. The highest BCUT2D eigenvalue weighted by Crippen LogP contribution is 2.17. The van der Waals surface area contributed by atoms with E-state index in [1.807, 2.05) is 6.07 Å². The average molecular weight is 233 g/mol. The van der Waals surface area contributed by atoms with Crippen molar-refractivity contribution in [3.05, 3.63) is 29.6 Å². The highest BCUT2D eigenvalue weighted by molar-refractivity contribution is 5.49. The number of halogens is 1. The van der Waals surface area contributed by atoms with E-state index < -0.39 is 0 Å². The second kappa shape index (κ2) is 5.15. The third-order valence-electron chi connectivity index (χ3n) is 3.11. The van der Waals surface area contributed by atoms with Gasteiger partial charge in [-0.05, 0) is 44.1 Å². The Hall–Kier alpha value is -1.60. The highest BCUT2D eigenvalue weighted by Gasteiger charge is 2.18. The number of likely N-dealkylation sites (tertiary alicyclic amines) is 1. The first-order chi connectivity index (χ1) is 8.17. The summed E-state index contributed by atoms with van der Waals surface area (Å²) < 4.78 is 13.2. The fourth-order valence-electron chi connectivity index (χ4n) is 2.21. The SMILES string of the molecule is CN1CCC(CNc2cc(F)cc(C#N)c2)C1. The lowest BCUT2D eigenvalue weighted by molar-refractivity contribution is 0.399. The fourth-order valence-corrected chi connectivity index (χ4v) is 2.21. The van der Waals surface area contributed by atoms with Gasteiger partial charge in [-0.2, -0.15) is 5.26 Å². The number of benzene rings is 1. The quantitative estimate of drug-likeness (QED) is 0.868. The van der Waals surface area contributed by atoms with Crippen LogP contribution in [0.4, 0.5) is 10.1 Å². The van der Waals surface area contributed by atoms with E-state index in [1.165, 1.54) is 18.6 Å². The van der Waals surface area contributed by atoms with Crippen molar-refractivity contribution >= 4 is 5.69 Å². The first-order valence-corrected chi connectivity index (χ1v) is 5.80. The molecule has 1 atom stereocenters. The smallest absolute Gasteiger partial charge is 0.126 e. The van der Waals surface area contributed by atoms with E-state index in [0.29, 0.717) is 17.2 Å². The maximum absolute atomic E-state index is 13.2. The molecule has 0 bridgehead atoms. The number of nitriles is 1. The molecule has 0 aromatic heterocycles. The maximum Gasteiger partial charge on any atom is 0.126 e. The number of nitrogens with one attached hydrogen (secondary N) is 1. The van der Waals surface area contributed by atoms with E-state index in [2.05, 4.69) is 17.3 Å². The van der Waals surface area contributed by atoms with E-state index >= 15 is 0 Å². The Balaban J connectivity index is 1.95. The van der Waals surface area contributed by atoms with Crippen molar-refractivity contribution in [3.63, 3.8) is 0 Å². The molecule has 1 aromatic carbocycles. The van der Waals surface area contributed by atoms with E-state index in [9.17, 15) is 4.39 Å². The van der Waals surface area contributed by atoms with Crippen molar-refractivity contribution in [2.45, 2.75) is 6.42 Å². The Kier molecular flexibility index (Phi) is 3.60. The minimum atomic E-state index is -0.366. The summed E-state index contributed by atoms with van der Waals surface area (Å²) >= 11 is 0. The Labute approximate surface area is 101 Å². The second-order valence-corrected chi connectivity index (χ2v) is 4.64. The molecule has 0 saturated carbocycles. The minimum Gasteiger partial charge on any atom is -0.385 e. The maximum atomic E-state index is 13.2. The molecule has 3 nitrogen and oxygen atoms in total. The molecule has 0 spiro atoms. The molecule has 1 unspecified atom stereocenters. The molecule has 90 valence electrons. The van der Waals surface area contributed by atoms with Gasteiger partial charge in [0.2, 0.25) is 0 Å². The standard InChI is InChI=1S/C13H16FN3/c1-17-3-2-10(9-17)8-16-13-5-11(7-15)4-12(14)6-13/h4-6,10,16H,2-3,8-9H2,1H3. The van der Waals surface area contributed by atoms with Crippen molar-refractivity contribution in [3.8, 4) is 6.07 Å². The summed E-state index contributed by atoms with van der Waals surface area (Å²) in [7, 11) is 2.11. The molecule has 1 N–H and O–H groups in total. The lowest BCUT2D eigenvalue weighted by Gasteiger charge is -2.12. The van der Waals surface area contributed by atoms with Crippen LogP contribution in [-0.2, 0) is 0 Å². The van der Waals surface area contributed by atoms with Crippen molar-refractivity contribution in [1.82, 2.24) is 4.90 Å². The summed E-state index contributed by atoms with van der Waals surface area (Å²) in [6, 6.07) is 6.31. The van der Waals surface area contributed by atoms with Gasteiger partial charge in [-0.15, -0.1) is 0 Å². The number of hydrogen-bond donors (Lipinski definition) is 1. The molecular formula is C13H16FN3. The summed E-state index contributed by atoms with van der Waals surface area (Å²) in [5.41, 5.74) is 1.05. The first-order valence-electron chi connectivity index (χ1n) is 5.80. The van der Waals surface area contributed by atoms with Crippen molar-refractivity contribution in [2.24, 2.45) is 5.92 Å². The van der Waals surface area contributed by atoms with E-state index in [1.54, 1.807) is 6.07 Å². The van der Waals surface area contributed by atoms with Crippen molar-refractivity contribution in [2.75, 3.05) is 32.0 Å². The molecule has 1 aliphatic rings. The van der Waals surface area contributed by atoms with Crippen LogP contribution < -0.4 is 5.32 Å². The van der Waals surface area contributed by atoms with Gasteiger partial charge >= 0.3 is 0 Å². The summed E-state index contributed by atoms with van der Waals surface area (Å²) in [6.45, 7) is 3.03. The van der Waals surface area contributed by atoms with Gasteiger partial charge in [-0.3, -0.25) is 0 Å². The van der Waals surface area contributed by atoms with Crippen LogP contribution in [0, 0.1) is 23.1 Å². The molecule has 0 amide bonds. The lowest BCUT2D eigenvalue weighted by Crippen LogP contribution is -2.19. The molecule has 2 rings (SSSR count). The zero-order chi connectivity index (χ0) is 12.3. The van der Waals surface area contributed by atoms with Crippen LogP contribution in [0.1, 0.15) is 12.0 Å². The summed E-state index contributed by atoms with van der Waals surface area (Å²) in [6.07, 6.45) is 1.17. The van der Waals surface area contributed by atoms with Gasteiger partial charge in [-0.25, -0.2) is 4.39 Å². The number of nitrogens with zero attached hydrogens (tertiary/aromatic N) is 2. The summed E-state index contributed by atoms with van der Waals surface area (Å²) in [4.78, 5) is 2.29. The highest BCUT2D eigenvalue weighted by atomic mass is 19.1. The van der Waals surface area contributed by atoms with Crippen LogP contribution >= 0.6 is 0 Å². The third kappa shape index (κ3) is 3.18. The Morgan fingerprint density at radius 3 is 3.00 bits per heavy atom. The summed E-state index contributed by atoms with van der Waals surface area (Å²) in [5, 5.41) is 12.0. The van der Waals surface area contributed by atoms with Gasteiger partial charge in [-0.1, -0.05) is 0 Å². The number of hydrogen-bond acceptors (Lipinski definition) is 3. The van der Waals surface area contributed by atoms with Gasteiger partial charge in [0.25, 0.3) is 0 Å². The van der Waals surface area contributed by atoms with Crippen LogP contribution in [0.5, 0.6) is 0 Å². The van der Waals surface area contributed by atoms with E-state index in [0.717, 1.165) is 19.6 Å². The molecule has 0 radical (unpaired) electrons. The van der Waals surface area contributed by atoms with E-state index in [-0.39, 0.29) is 5.82 Å². The Morgan fingerprint density at radius 1 is 1.53 bits per heavy atom. The average Bonchev–Trinajstić information content (AvgIpc) is 2.72. The molecular weight excluding hydrogens is 217 g/mol. The van der Waals surface area contributed by atoms with Gasteiger partial charge in [0, 0.05) is 18.8 Å². The monoisotopic (exact) mass is 233 g/mol. The third-order valence-corrected chi connectivity index (χ3v) is 3.11. The number of anilines is 1. The molecule has 1 heterocycles. The Bertz CT molecular complexity index is 439. The Morgan fingerprint density at radius 2 is 2.35 bits per heavy atom. The molecule has 1 aromatic rings. The van der Waals surface area contributed by atoms with Crippen LogP contribution in [0.2, 0.25) is 0 Å². The fraction of sp³-hybridized carbons (Fsp3) is 0.462. The molecule has 0 aliphatic carbocycles. The van der Waals surface area contributed by atoms with Crippen LogP contribution in [-0.4, -0.2) is 31.6 Å². The number of rotatable bonds is 3. The lowest BCUT2D eigenvalue weighted by atomic mass is 10.1. The van der Waals surface area contributed by atoms with Crippen LogP contribution in [0.15, 0.2) is 18.2 Å². The zero-order valence-electron chi connectivity index (χ0n) is 9.91. The molecule has 4 heteroatoms. The minimum absolute atomic E-state index is 0.357. The normalized spacial score (nSPS) is 20.2. The topological polar surface area (TPSA) is 39.1 Å². The van der Waals surface area contributed by atoms with Crippen molar-refractivity contribution in [1.29, 1.82) is 5.26 Å². The predicted molar refractivity (Wildman–Crippen MR) is 65.2 cm³/mol. The van der Waals surface area contributed by atoms with Gasteiger partial charge in [0.15, 0.2) is 0 Å². The molecule has 1 aliphatic heterocycles. The zero-order valence-corrected chi connectivity index (χ0v) is 9.91. The van der Waals surface area contributed by atoms with Gasteiger partial charge in [0.1, 0.15) is 5.82 Å². The van der Waals surface area contributed by atoms with Gasteiger partial charge < -0.3 is 10.2 Å². The second-order valence-electron chi connectivity index (χ2n) is 4.64.